The van der Waals surface area contributed by atoms with E-state index in [0.29, 0.717) is 18.1 Å². The first-order valence-electron chi connectivity index (χ1n) is 10.7. The Morgan fingerprint density at radius 2 is 1.94 bits per heavy atom. The molecule has 2 fully saturated rings. The third-order valence-electron chi connectivity index (χ3n) is 6.30. The molecule has 1 aromatic heterocycles. The lowest BCUT2D eigenvalue weighted by Crippen LogP contribution is -2.59. The molecule has 4 rings (SSSR count). The molecule has 2 saturated heterocycles. The van der Waals surface area contributed by atoms with Crippen molar-refractivity contribution in [1.29, 1.82) is 0 Å². The SMILES string of the molecule is CC1CN(C(O)c2c(F)cccc2F)CC2(CCN(CCc3ncccc3Cl)CC2)O1. The number of benzene rings is 1. The zero-order valence-corrected chi connectivity index (χ0v) is 18.4. The van der Waals surface area contributed by atoms with E-state index in [-0.39, 0.29) is 11.7 Å². The van der Waals surface area contributed by atoms with Crippen LogP contribution < -0.4 is 0 Å². The molecule has 0 amide bonds. The first kappa shape index (κ1) is 22.6. The molecule has 3 heterocycles. The first-order chi connectivity index (χ1) is 14.9. The highest BCUT2D eigenvalue weighted by atomic mass is 35.5. The quantitative estimate of drug-likeness (QED) is 0.749. The van der Waals surface area contributed by atoms with Crippen LogP contribution in [0.5, 0.6) is 0 Å². The lowest BCUT2D eigenvalue weighted by atomic mass is 9.88. The summed E-state index contributed by atoms with van der Waals surface area (Å²) in [5.41, 5.74) is 0.170. The molecule has 8 heteroatoms. The molecule has 1 spiro atoms. The molecule has 0 saturated carbocycles. The number of aliphatic hydroxyl groups excluding tert-OH is 1. The largest absolute Gasteiger partial charge is 0.374 e. The average Bonchev–Trinajstić information content (AvgIpc) is 2.74. The predicted octanol–water partition coefficient (Wildman–Crippen LogP) is 3.80. The van der Waals surface area contributed by atoms with Gasteiger partial charge in [0.25, 0.3) is 0 Å². The second-order valence-corrected chi connectivity index (χ2v) is 8.98. The van der Waals surface area contributed by atoms with Crippen molar-refractivity contribution in [2.45, 2.75) is 44.1 Å². The normalized spacial score (nSPS) is 23.2. The number of hydrogen-bond acceptors (Lipinski definition) is 5. The number of piperidine rings is 1. The molecular formula is C23H28ClF2N3O2. The van der Waals surface area contributed by atoms with E-state index < -0.39 is 23.5 Å². The summed E-state index contributed by atoms with van der Waals surface area (Å²) >= 11 is 6.21. The van der Waals surface area contributed by atoms with Gasteiger partial charge in [0.2, 0.25) is 0 Å². The number of rotatable bonds is 5. The van der Waals surface area contributed by atoms with Crippen LogP contribution in [-0.2, 0) is 11.2 Å². The number of hydrogen-bond donors (Lipinski definition) is 1. The van der Waals surface area contributed by atoms with Gasteiger partial charge in [-0.05, 0) is 44.0 Å². The van der Waals surface area contributed by atoms with Gasteiger partial charge in [0.05, 0.1) is 28.0 Å². The maximum absolute atomic E-state index is 14.2. The minimum absolute atomic E-state index is 0.142. The molecule has 1 aromatic carbocycles. The summed E-state index contributed by atoms with van der Waals surface area (Å²) in [5, 5.41) is 11.5. The second kappa shape index (κ2) is 9.46. The fraction of sp³-hybridized carbons (Fsp3) is 0.522. The highest BCUT2D eigenvalue weighted by molar-refractivity contribution is 6.31. The van der Waals surface area contributed by atoms with E-state index in [4.69, 9.17) is 16.3 Å². The number of morpholine rings is 1. The Labute approximate surface area is 186 Å². The van der Waals surface area contributed by atoms with E-state index in [1.807, 2.05) is 19.1 Å². The highest BCUT2D eigenvalue weighted by Gasteiger charge is 2.44. The van der Waals surface area contributed by atoms with E-state index in [0.717, 1.165) is 44.6 Å². The highest BCUT2D eigenvalue weighted by Crippen LogP contribution is 2.36. The maximum atomic E-state index is 14.2. The lowest BCUT2D eigenvalue weighted by Gasteiger charge is -2.50. The Kier molecular flexibility index (Phi) is 6.89. The molecule has 0 radical (unpaired) electrons. The number of ether oxygens (including phenoxy) is 1. The molecule has 2 aromatic rings. The van der Waals surface area contributed by atoms with Crippen LogP contribution in [0.15, 0.2) is 36.5 Å². The number of likely N-dealkylation sites (tertiary alicyclic amines) is 1. The van der Waals surface area contributed by atoms with E-state index >= 15 is 0 Å². The number of pyridine rings is 1. The van der Waals surface area contributed by atoms with Crippen LogP contribution in [0.3, 0.4) is 0 Å². The van der Waals surface area contributed by atoms with Gasteiger partial charge in [-0.1, -0.05) is 17.7 Å². The molecular weight excluding hydrogens is 424 g/mol. The number of halogens is 3. The Bertz CT molecular complexity index is 888. The van der Waals surface area contributed by atoms with Crippen molar-refractivity contribution >= 4 is 11.6 Å². The minimum atomic E-state index is -1.34. The van der Waals surface area contributed by atoms with Gasteiger partial charge in [0.15, 0.2) is 0 Å². The average molecular weight is 452 g/mol. The Morgan fingerprint density at radius 3 is 2.61 bits per heavy atom. The van der Waals surface area contributed by atoms with Crippen LogP contribution in [0, 0.1) is 11.6 Å². The Morgan fingerprint density at radius 1 is 1.23 bits per heavy atom. The third-order valence-corrected chi connectivity index (χ3v) is 6.65. The topological polar surface area (TPSA) is 48.8 Å². The lowest BCUT2D eigenvalue weighted by molar-refractivity contribution is -0.197. The summed E-state index contributed by atoms with van der Waals surface area (Å²) in [5.74, 6) is -1.47. The van der Waals surface area contributed by atoms with E-state index in [1.165, 1.54) is 18.2 Å². The van der Waals surface area contributed by atoms with Gasteiger partial charge < -0.3 is 14.7 Å². The van der Waals surface area contributed by atoms with Crippen molar-refractivity contribution in [2.75, 3.05) is 32.7 Å². The standard InChI is InChI=1S/C23H28ClF2N3O2/c1-16-14-29(22(30)21-18(25)5-2-6-19(21)26)15-23(31-16)8-12-28(13-9-23)11-7-20-17(24)4-3-10-27-20/h2-6,10,16,22,30H,7-9,11-15H2,1H3. The first-order valence-corrected chi connectivity index (χ1v) is 11.1. The molecule has 0 bridgehead atoms. The molecule has 2 unspecified atom stereocenters. The van der Waals surface area contributed by atoms with Crippen molar-refractivity contribution in [1.82, 2.24) is 14.8 Å². The minimum Gasteiger partial charge on any atom is -0.374 e. The monoisotopic (exact) mass is 451 g/mol. The van der Waals surface area contributed by atoms with E-state index in [9.17, 15) is 13.9 Å². The van der Waals surface area contributed by atoms with Gasteiger partial charge in [0.1, 0.15) is 17.9 Å². The smallest absolute Gasteiger partial charge is 0.139 e. The van der Waals surface area contributed by atoms with E-state index in [2.05, 4.69) is 9.88 Å². The van der Waals surface area contributed by atoms with E-state index in [1.54, 1.807) is 11.1 Å². The van der Waals surface area contributed by atoms with Gasteiger partial charge in [0, 0.05) is 45.3 Å². The van der Waals surface area contributed by atoms with Crippen molar-refractivity contribution in [2.24, 2.45) is 0 Å². The number of nitrogens with zero attached hydrogens (tertiary/aromatic N) is 3. The van der Waals surface area contributed by atoms with Gasteiger partial charge in [-0.3, -0.25) is 9.88 Å². The van der Waals surface area contributed by atoms with Crippen molar-refractivity contribution in [3.05, 3.63) is 64.4 Å². The summed E-state index contributed by atoms with van der Waals surface area (Å²) < 4.78 is 34.7. The zero-order chi connectivity index (χ0) is 22.0. The van der Waals surface area contributed by atoms with Crippen molar-refractivity contribution in [3.8, 4) is 0 Å². The summed E-state index contributed by atoms with van der Waals surface area (Å²) in [4.78, 5) is 8.44. The summed E-state index contributed by atoms with van der Waals surface area (Å²) in [7, 11) is 0. The van der Waals surface area contributed by atoms with Crippen molar-refractivity contribution < 1.29 is 18.6 Å². The van der Waals surface area contributed by atoms with Crippen molar-refractivity contribution in [3.63, 3.8) is 0 Å². The number of aromatic nitrogens is 1. The molecule has 168 valence electrons. The van der Waals surface area contributed by atoms with Crippen LogP contribution >= 0.6 is 11.6 Å². The molecule has 5 nitrogen and oxygen atoms in total. The summed E-state index contributed by atoms with van der Waals surface area (Å²) in [6.45, 7) is 5.33. The molecule has 31 heavy (non-hydrogen) atoms. The molecule has 1 N–H and O–H groups in total. The maximum Gasteiger partial charge on any atom is 0.139 e. The zero-order valence-electron chi connectivity index (χ0n) is 17.6. The Hall–Kier alpha value is -1.64. The van der Waals surface area contributed by atoms with Gasteiger partial charge >= 0.3 is 0 Å². The van der Waals surface area contributed by atoms with Crippen LogP contribution in [0.2, 0.25) is 5.02 Å². The fourth-order valence-electron chi connectivity index (χ4n) is 4.72. The van der Waals surface area contributed by atoms with Crippen LogP contribution in [0.1, 0.15) is 37.3 Å². The second-order valence-electron chi connectivity index (χ2n) is 8.57. The summed E-state index contributed by atoms with van der Waals surface area (Å²) in [6.07, 6.45) is 2.63. The molecule has 2 aliphatic heterocycles. The van der Waals surface area contributed by atoms with Crippen LogP contribution in [0.4, 0.5) is 8.78 Å². The molecule has 0 aliphatic carbocycles. The Balaban J connectivity index is 1.39. The predicted molar refractivity (Wildman–Crippen MR) is 115 cm³/mol. The number of aliphatic hydroxyl groups is 1. The van der Waals surface area contributed by atoms with Gasteiger partial charge in [-0.25, -0.2) is 8.78 Å². The van der Waals surface area contributed by atoms with Crippen LogP contribution in [0.25, 0.3) is 0 Å². The molecule has 2 atom stereocenters. The molecule has 2 aliphatic rings. The van der Waals surface area contributed by atoms with Gasteiger partial charge in [-0.15, -0.1) is 0 Å². The van der Waals surface area contributed by atoms with Crippen LogP contribution in [-0.4, -0.2) is 64.3 Å². The van der Waals surface area contributed by atoms with Gasteiger partial charge in [-0.2, -0.15) is 0 Å². The third kappa shape index (κ3) is 5.07. The fourth-order valence-corrected chi connectivity index (χ4v) is 4.93. The summed E-state index contributed by atoms with van der Waals surface area (Å²) in [6, 6.07) is 7.33.